The predicted molar refractivity (Wildman–Crippen MR) is 84.1 cm³/mol. The van der Waals surface area contributed by atoms with Gasteiger partial charge in [-0.15, -0.1) is 0 Å². The summed E-state index contributed by atoms with van der Waals surface area (Å²) in [5.74, 6) is 0.229. The highest BCUT2D eigenvalue weighted by Crippen LogP contribution is 2.30. The highest BCUT2D eigenvalue weighted by molar-refractivity contribution is 9.10. The molecule has 0 saturated carbocycles. The number of hydrogen-bond donors (Lipinski definition) is 1. The minimum atomic E-state index is -0.485. The van der Waals surface area contributed by atoms with Crippen molar-refractivity contribution in [1.29, 1.82) is 0 Å². The van der Waals surface area contributed by atoms with Gasteiger partial charge in [0.15, 0.2) is 0 Å². The second kappa shape index (κ2) is 6.04. The van der Waals surface area contributed by atoms with Gasteiger partial charge in [-0.3, -0.25) is 10.1 Å². The number of halogens is 1. The first-order valence-corrected chi connectivity index (χ1v) is 6.92. The molecule has 0 bridgehead atoms. The largest absolute Gasteiger partial charge is 0.368 e. The minimum Gasteiger partial charge on any atom is -0.368 e. The highest BCUT2D eigenvalue weighted by Gasteiger charge is 2.24. The van der Waals surface area contributed by atoms with Crippen molar-refractivity contribution in [2.24, 2.45) is 0 Å². The molecule has 7 nitrogen and oxygen atoms in total. The standard InChI is InChI=1S/C13H14BrN5O2/c1-8-11(19(20)21)12(17-13(15)16-8)18(2)7-9-5-3-4-6-10(9)14/h3-6H,7H2,1-2H3,(H2,15,16,17). The molecule has 2 N–H and O–H groups in total. The van der Waals surface area contributed by atoms with Crippen molar-refractivity contribution in [3.63, 3.8) is 0 Å². The Hall–Kier alpha value is -2.22. The summed E-state index contributed by atoms with van der Waals surface area (Å²) in [6.07, 6.45) is 0. The van der Waals surface area contributed by atoms with Gasteiger partial charge in [0.2, 0.25) is 11.8 Å². The average molecular weight is 352 g/mol. The van der Waals surface area contributed by atoms with Crippen molar-refractivity contribution in [3.05, 3.63) is 50.1 Å². The van der Waals surface area contributed by atoms with Crippen molar-refractivity contribution >= 4 is 33.4 Å². The summed E-state index contributed by atoms with van der Waals surface area (Å²) in [7, 11) is 1.73. The molecule has 21 heavy (non-hydrogen) atoms. The Bertz CT molecular complexity index is 692. The molecule has 0 amide bonds. The van der Waals surface area contributed by atoms with E-state index in [9.17, 15) is 10.1 Å². The molecule has 1 heterocycles. The Morgan fingerprint density at radius 2 is 2.05 bits per heavy atom. The summed E-state index contributed by atoms with van der Waals surface area (Å²) >= 11 is 3.46. The number of aromatic nitrogens is 2. The van der Waals surface area contributed by atoms with Crippen LogP contribution in [0.25, 0.3) is 0 Å². The Morgan fingerprint density at radius 1 is 1.38 bits per heavy atom. The molecule has 0 aliphatic carbocycles. The SMILES string of the molecule is Cc1nc(N)nc(N(C)Cc2ccccc2Br)c1[N+](=O)[O-]. The first-order chi connectivity index (χ1) is 9.90. The molecule has 2 aromatic rings. The Kier molecular flexibility index (Phi) is 4.37. The lowest BCUT2D eigenvalue weighted by atomic mass is 10.2. The smallest absolute Gasteiger partial charge is 0.332 e. The van der Waals surface area contributed by atoms with Crippen LogP contribution in [0.3, 0.4) is 0 Å². The molecule has 0 aliphatic rings. The molecule has 0 spiro atoms. The summed E-state index contributed by atoms with van der Waals surface area (Å²) < 4.78 is 0.929. The van der Waals surface area contributed by atoms with Crippen LogP contribution in [0.15, 0.2) is 28.7 Å². The maximum absolute atomic E-state index is 11.2. The first kappa shape index (κ1) is 15.2. The number of nitro groups is 1. The number of hydrogen-bond acceptors (Lipinski definition) is 6. The van der Waals surface area contributed by atoms with Gasteiger partial charge in [0.25, 0.3) is 0 Å². The lowest BCUT2D eigenvalue weighted by Crippen LogP contribution is -2.21. The summed E-state index contributed by atoms with van der Waals surface area (Å²) in [5.41, 5.74) is 6.72. The molecule has 1 aromatic carbocycles. The van der Waals surface area contributed by atoms with Crippen LogP contribution in [0.1, 0.15) is 11.3 Å². The third kappa shape index (κ3) is 3.27. The molecule has 0 unspecified atom stereocenters. The molecule has 1 aromatic heterocycles. The Morgan fingerprint density at radius 3 is 2.67 bits per heavy atom. The molecule has 0 radical (unpaired) electrons. The van der Waals surface area contributed by atoms with Gasteiger partial charge in [0.1, 0.15) is 5.69 Å². The quantitative estimate of drug-likeness (QED) is 0.671. The zero-order valence-corrected chi connectivity index (χ0v) is 13.2. The van der Waals surface area contributed by atoms with Gasteiger partial charge in [0.05, 0.1) is 4.92 Å². The van der Waals surface area contributed by atoms with E-state index in [4.69, 9.17) is 5.73 Å². The maximum Gasteiger partial charge on any atom is 0.332 e. The third-order valence-electron chi connectivity index (χ3n) is 2.97. The van der Waals surface area contributed by atoms with Crippen LogP contribution in [-0.2, 0) is 6.54 Å². The van der Waals surface area contributed by atoms with Crippen LogP contribution in [-0.4, -0.2) is 21.9 Å². The van der Waals surface area contributed by atoms with Gasteiger partial charge < -0.3 is 10.6 Å². The fourth-order valence-corrected chi connectivity index (χ4v) is 2.42. The number of nitrogens with two attached hydrogens (primary N) is 1. The predicted octanol–water partition coefficient (Wildman–Crippen LogP) is 2.67. The zero-order chi connectivity index (χ0) is 15.6. The van der Waals surface area contributed by atoms with Crippen molar-refractivity contribution in [1.82, 2.24) is 9.97 Å². The fourth-order valence-electron chi connectivity index (χ4n) is 2.01. The van der Waals surface area contributed by atoms with E-state index in [0.29, 0.717) is 6.54 Å². The van der Waals surface area contributed by atoms with Gasteiger partial charge in [-0.1, -0.05) is 34.1 Å². The van der Waals surface area contributed by atoms with Crippen molar-refractivity contribution in [3.8, 4) is 0 Å². The second-order valence-corrected chi connectivity index (χ2v) is 5.40. The van der Waals surface area contributed by atoms with Crippen molar-refractivity contribution in [2.75, 3.05) is 17.7 Å². The number of aryl methyl sites for hydroxylation is 1. The number of benzene rings is 1. The molecule has 0 saturated heterocycles. The maximum atomic E-state index is 11.2. The van der Waals surface area contributed by atoms with E-state index in [1.165, 1.54) is 0 Å². The van der Waals surface area contributed by atoms with Gasteiger partial charge in [-0.25, -0.2) is 4.98 Å². The lowest BCUT2D eigenvalue weighted by Gasteiger charge is -2.19. The minimum absolute atomic E-state index is 0.0204. The van der Waals surface area contributed by atoms with E-state index in [1.807, 2.05) is 24.3 Å². The van der Waals surface area contributed by atoms with Crippen LogP contribution in [0.2, 0.25) is 0 Å². The summed E-state index contributed by atoms with van der Waals surface area (Å²) in [6, 6.07) is 7.66. The second-order valence-electron chi connectivity index (χ2n) is 4.54. The van der Waals surface area contributed by atoms with Crippen molar-refractivity contribution in [2.45, 2.75) is 13.5 Å². The Balaban J connectivity index is 2.41. The van der Waals surface area contributed by atoms with Crippen LogP contribution >= 0.6 is 15.9 Å². The number of nitrogens with zero attached hydrogens (tertiary/aromatic N) is 4. The fraction of sp³-hybridized carbons (Fsp3) is 0.231. The Labute approximate surface area is 130 Å². The van der Waals surface area contributed by atoms with Crippen LogP contribution in [0.5, 0.6) is 0 Å². The lowest BCUT2D eigenvalue weighted by molar-refractivity contribution is -0.385. The molecule has 8 heteroatoms. The van der Waals surface area contributed by atoms with Gasteiger partial charge in [-0.05, 0) is 18.6 Å². The molecular weight excluding hydrogens is 338 g/mol. The third-order valence-corrected chi connectivity index (χ3v) is 3.74. The highest BCUT2D eigenvalue weighted by atomic mass is 79.9. The normalized spacial score (nSPS) is 10.4. The van der Waals surface area contributed by atoms with Gasteiger partial charge in [-0.2, -0.15) is 4.98 Å². The average Bonchev–Trinajstić information content (AvgIpc) is 2.39. The van der Waals surface area contributed by atoms with Gasteiger partial charge >= 0.3 is 5.69 Å². The zero-order valence-electron chi connectivity index (χ0n) is 11.6. The first-order valence-electron chi connectivity index (χ1n) is 6.13. The van der Waals surface area contributed by atoms with Crippen LogP contribution < -0.4 is 10.6 Å². The van der Waals surface area contributed by atoms with Crippen LogP contribution in [0, 0.1) is 17.0 Å². The molecule has 110 valence electrons. The molecule has 0 atom stereocenters. The van der Waals surface area contributed by atoms with E-state index in [0.717, 1.165) is 10.0 Å². The van der Waals surface area contributed by atoms with Gasteiger partial charge in [0, 0.05) is 18.1 Å². The van der Waals surface area contributed by atoms with E-state index in [-0.39, 0.29) is 23.1 Å². The topological polar surface area (TPSA) is 98.2 Å². The summed E-state index contributed by atoms with van der Waals surface area (Å²) in [5, 5.41) is 11.2. The van der Waals surface area contributed by atoms with E-state index in [2.05, 4.69) is 25.9 Å². The van der Waals surface area contributed by atoms with E-state index < -0.39 is 4.92 Å². The molecule has 2 rings (SSSR count). The van der Waals surface area contributed by atoms with Crippen molar-refractivity contribution < 1.29 is 4.92 Å². The molecular formula is C13H14BrN5O2. The van der Waals surface area contributed by atoms with E-state index >= 15 is 0 Å². The number of nitrogen functional groups attached to an aromatic ring is 1. The monoisotopic (exact) mass is 351 g/mol. The number of anilines is 2. The molecule has 0 fully saturated rings. The summed E-state index contributed by atoms with van der Waals surface area (Å²) in [6.45, 7) is 2.00. The molecule has 0 aliphatic heterocycles. The number of rotatable bonds is 4. The summed E-state index contributed by atoms with van der Waals surface area (Å²) in [4.78, 5) is 20.3. The van der Waals surface area contributed by atoms with Crippen LogP contribution in [0.4, 0.5) is 17.5 Å². The van der Waals surface area contributed by atoms with E-state index in [1.54, 1.807) is 18.9 Å².